The van der Waals surface area contributed by atoms with Gasteiger partial charge in [0, 0.05) is 31.4 Å². The first-order valence-corrected chi connectivity index (χ1v) is 7.23. The van der Waals surface area contributed by atoms with Crippen LogP contribution in [0.15, 0.2) is 42.5 Å². The van der Waals surface area contributed by atoms with Gasteiger partial charge in [0.1, 0.15) is 5.75 Å². The van der Waals surface area contributed by atoms with Crippen LogP contribution in [0.2, 0.25) is 0 Å². The van der Waals surface area contributed by atoms with Gasteiger partial charge in [-0.05, 0) is 37.2 Å². The van der Waals surface area contributed by atoms with Crippen molar-refractivity contribution in [2.45, 2.75) is 20.0 Å². The zero-order chi connectivity index (χ0) is 15.2. The third kappa shape index (κ3) is 3.76. The number of nitrogens with zero attached hydrogens (tertiary/aromatic N) is 1. The maximum atomic E-state index is 5.43. The van der Waals surface area contributed by atoms with E-state index in [0.29, 0.717) is 0 Å². The standard InChI is InChI=1S/C18H24N2O/c1-14-11-15(12-19-2)9-10-17(14)20(3)13-16-7-5-6-8-18(16)21-4/h5-11,19H,12-13H2,1-4H3. The zero-order valence-electron chi connectivity index (χ0n) is 13.3. The highest BCUT2D eigenvalue weighted by molar-refractivity contribution is 5.54. The van der Waals surface area contributed by atoms with Crippen molar-refractivity contribution in [2.24, 2.45) is 0 Å². The van der Waals surface area contributed by atoms with Crippen molar-refractivity contribution in [3.63, 3.8) is 0 Å². The summed E-state index contributed by atoms with van der Waals surface area (Å²) in [5.41, 5.74) is 5.05. The van der Waals surface area contributed by atoms with Gasteiger partial charge in [-0.25, -0.2) is 0 Å². The molecule has 0 heterocycles. The van der Waals surface area contributed by atoms with Gasteiger partial charge in [0.2, 0.25) is 0 Å². The molecule has 0 aliphatic heterocycles. The van der Waals surface area contributed by atoms with Crippen LogP contribution in [0.4, 0.5) is 5.69 Å². The number of ether oxygens (including phenoxy) is 1. The van der Waals surface area contributed by atoms with Crippen LogP contribution in [-0.2, 0) is 13.1 Å². The predicted octanol–water partition coefficient (Wildman–Crippen LogP) is 3.36. The molecule has 0 saturated heterocycles. The molecule has 0 amide bonds. The predicted molar refractivity (Wildman–Crippen MR) is 89.0 cm³/mol. The number of aryl methyl sites for hydroxylation is 1. The minimum Gasteiger partial charge on any atom is -0.496 e. The maximum Gasteiger partial charge on any atom is 0.123 e. The summed E-state index contributed by atoms with van der Waals surface area (Å²) < 4.78 is 5.43. The van der Waals surface area contributed by atoms with Crippen LogP contribution < -0.4 is 15.0 Å². The average molecular weight is 284 g/mol. The van der Waals surface area contributed by atoms with Gasteiger partial charge in [-0.1, -0.05) is 30.3 Å². The van der Waals surface area contributed by atoms with E-state index in [0.717, 1.165) is 18.8 Å². The van der Waals surface area contributed by atoms with E-state index in [2.05, 4.69) is 54.5 Å². The molecule has 0 radical (unpaired) electrons. The molecule has 2 rings (SSSR count). The summed E-state index contributed by atoms with van der Waals surface area (Å²) in [5.74, 6) is 0.939. The summed E-state index contributed by atoms with van der Waals surface area (Å²) in [6.45, 7) is 3.89. The molecule has 112 valence electrons. The second-order valence-electron chi connectivity index (χ2n) is 5.32. The summed E-state index contributed by atoms with van der Waals surface area (Å²) in [5, 5.41) is 3.18. The van der Waals surface area contributed by atoms with Gasteiger partial charge in [-0.3, -0.25) is 0 Å². The highest BCUT2D eigenvalue weighted by Crippen LogP contribution is 2.25. The molecule has 1 N–H and O–H groups in total. The molecule has 0 atom stereocenters. The van der Waals surface area contributed by atoms with E-state index in [4.69, 9.17) is 4.74 Å². The lowest BCUT2D eigenvalue weighted by molar-refractivity contribution is 0.409. The topological polar surface area (TPSA) is 24.5 Å². The van der Waals surface area contributed by atoms with Gasteiger partial charge in [0.15, 0.2) is 0 Å². The van der Waals surface area contributed by atoms with Crippen molar-refractivity contribution in [1.29, 1.82) is 0 Å². The molecule has 0 aromatic heterocycles. The van der Waals surface area contributed by atoms with Gasteiger partial charge < -0.3 is 15.0 Å². The number of anilines is 1. The van der Waals surface area contributed by atoms with E-state index in [-0.39, 0.29) is 0 Å². The van der Waals surface area contributed by atoms with E-state index < -0.39 is 0 Å². The molecule has 3 nitrogen and oxygen atoms in total. The van der Waals surface area contributed by atoms with E-state index in [1.807, 2.05) is 19.2 Å². The van der Waals surface area contributed by atoms with Crippen LogP contribution in [0.1, 0.15) is 16.7 Å². The molecule has 21 heavy (non-hydrogen) atoms. The smallest absolute Gasteiger partial charge is 0.123 e. The van der Waals surface area contributed by atoms with E-state index in [1.165, 1.54) is 22.4 Å². The molecule has 0 saturated carbocycles. The number of hydrogen-bond acceptors (Lipinski definition) is 3. The lowest BCUT2D eigenvalue weighted by Crippen LogP contribution is -2.18. The lowest BCUT2D eigenvalue weighted by atomic mass is 10.1. The van der Waals surface area contributed by atoms with Crippen LogP contribution in [-0.4, -0.2) is 21.2 Å². The maximum absolute atomic E-state index is 5.43. The normalized spacial score (nSPS) is 10.5. The Bertz CT molecular complexity index is 596. The Morgan fingerprint density at radius 3 is 2.57 bits per heavy atom. The monoisotopic (exact) mass is 284 g/mol. The third-order valence-corrected chi connectivity index (χ3v) is 3.65. The van der Waals surface area contributed by atoms with Crippen LogP contribution in [0.5, 0.6) is 5.75 Å². The number of nitrogens with one attached hydrogen (secondary N) is 1. The molecular weight excluding hydrogens is 260 g/mol. The zero-order valence-corrected chi connectivity index (χ0v) is 13.3. The summed E-state index contributed by atoms with van der Waals surface area (Å²) in [6.07, 6.45) is 0. The Hall–Kier alpha value is -2.00. The number of hydrogen-bond donors (Lipinski definition) is 1. The van der Waals surface area contributed by atoms with Crippen molar-refractivity contribution in [3.8, 4) is 5.75 Å². The quantitative estimate of drug-likeness (QED) is 0.880. The molecule has 0 fully saturated rings. The summed E-state index contributed by atoms with van der Waals surface area (Å²) >= 11 is 0. The molecule has 3 heteroatoms. The second-order valence-corrected chi connectivity index (χ2v) is 5.32. The largest absolute Gasteiger partial charge is 0.496 e. The summed E-state index contributed by atoms with van der Waals surface area (Å²) in [7, 11) is 5.81. The van der Waals surface area contributed by atoms with Crippen molar-refractivity contribution in [1.82, 2.24) is 5.32 Å². The first-order chi connectivity index (χ1) is 10.2. The Labute approximate surface area is 127 Å². The first-order valence-electron chi connectivity index (χ1n) is 7.23. The summed E-state index contributed by atoms with van der Waals surface area (Å²) in [4.78, 5) is 2.26. The molecular formula is C18H24N2O. The van der Waals surface area contributed by atoms with Crippen molar-refractivity contribution in [2.75, 3.05) is 26.1 Å². The van der Waals surface area contributed by atoms with Crippen molar-refractivity contribution < 1.29 is 4.74 Å². The highest BCUT2D eigenvalue weighted by Gasteiger charge is 2.09. The lowest BCUT2D eigenvalue weighted by Gasteiger charge is -2.23. The third-order valence-electron chi connectivity index (χ3n) is 3.65. The first kappa shape index (κ1) is 15.4. The van der Waals surface area contributed by atoms with Crippen molar-refractivity contribution in [3.05, 3.63) is 59.2 Å². The van der Waals surface area contributed by atoms with Crippen molar-refractivity contribution >= 4 is 5.69 Å². The van der Waals surface area contributed by atoms with Gasteiger partial charge in [-0.2, -0.15) is 0 Å². The minimum absolute atomic E-state index is 0.830. The fourth-order valence-corrected chi connectivity index (χ4v) is 2.63. The molecule has 0 spiro atoms. The fraction of sp³-hybridized carbons (Fsp3) is 0.333. The van der Waals surface area contributed by atoms with Gasteiger partial charge in [0.05, 0.1) is 7.11 Å². The Kier molecular flexibility index (Phi) is 5.23. The number of para-hydroxylation sites is 1. The van der Waals surface area contributed by atoms with Crippen LogP contribution in [0.3, 0.4) is 0 Å². The number of rotatable bonds is 6. The fourth-order valence-electron chi connectivity index (χ4n) is 2.63. The van der Waals surface area contributed by atoms with Crippen LogP contribution >= 0.6 is 0 Å². The van der Waals surface area contributed by atoms with E-state index >= 15 is 0 Å². The van der Waals surface area contributed by atoms with Crippen LogP contribution in [0.25, 0.3) is 0 Å². The minimum atomic E-state index is 0.830. The van der Waals surface area contributed by atoms with E-state index in [1.54, 1.807) is 7.11 Å². The average Bonchev–Trinajstić information content (AvgIpc) is 2.48. The second kappa shape index (κ2) is 7.14. The SMILES string of the molecule is CNCc1ccc(N(C)Cc2ccccc2OC)c(C)c1. The van der Waals surface area contributed by atoms with Gasteiger partial charge in [-0.15, -0.1) is 0 Å². The molecule has 0 bridgehead atoms. The molecule has 0 aliphatic rings. The van der Waals surface area contributed by atoms with Crippen LogP contribution in [0, 0.1) is 6.92 Å². The number of methoxy groups -OCH3 is 1. The molecule has 0 unspecified atom stereocenters. The van der Waals surface area contributed by atoms with E-state index in [9.17, 15) is 0 Å². The molecule has 0 aliphatic carbocycles. The molecule has 2 aromatic carbocycles. The Morgan fingerprint density at radius 2 is 1.90 bits per heavy atom. The molecule has 2 aromatic rings. The van der Waals surface area contributed by atoms with Gasteiger partial charge in [0.25, 0.3) is 0 Å². The Balaban J connectivity index is 2.18. The summed E-state index contributed by atoms with van der Waals surface area (Å²) in [6, 6.07) is 14.8. The number of benzene rings is 2. The Morgan fingerprint density at radius 1 is 1.14 bits per heavy atom. The van der Waals surface area contributed by atoms with Gasteiger partial charge >= 0.3 is 0 Å². The highest BCUT2D eigenvalue weighted by atomic mass is 16.5.